The predicted octanol–water partition coefficient (Wildman–Crippen LogP) is 7.69. The van der Waals surface area contributed by atoms with E-state index in [1.54, 1.807) is 38.1 Å². The van der Waals surface area contributed by atoms with E-state index in [1.165, 1.54) is 0 Å². The molecule has 0 aliphatic heterocycles. The summed E-state index contributed by atoms with van der Waals surface area (Å²) >= 11 is 26.4. The van der Waals surface area contributed by atoms with Crippen LogP contribution in [0.25, 0.3) is 0 Å². The molecule has 2 aromatic carbocycles. The first-order valence-electron chi connectivity index (χ1n) is 15.5. The van der Waals surface area contributed by atoms with E-state index in [0.29, 0.717) is 69.2 Å². The van der Waals surface area contributed by atoms with E-state index in [9.17, 15) is 9.59 Å². The Hall–Kier alpha value is -2.54. The molecule has 0 saturated heterocycles. The van der Waals surface area contributed by atoms with E-state index in [0.717, 1.165) is 11.1 Å². The highest BCUT2D eigenvalue weighted by molar-refractivity contribution is 6.38. The molecule has 0 bridgehead atoms. The number of carbonyl (C=O) groups is 2. The van der Waals surface area contributed by atoms with Crippen LogP contribution in [0.5, 0.6) is 11.5 Å². The molecule has 2 aromatic rings. The molecule has 0 spiro atoms. The van der Waals surface area contributed by atoms with Crippen molar-refractivity contribution in [3.8, 4) is 11.5 Å². The summed E-state index contributed by atoms with van der Waals surface area (Å²) in [4.78, 5) is 22.6. The molecule has 2 rings (SSSR count). The van der Waals surface area contributed by atoms with Gasteiger partial charge in [-0.1, -0.05) is 73.4 Å². The highest BCUT2D eigenvalue weighted by Crippen LogP contribution is 2.43. The number of hydrogen-bond acceptors (Lipinski definition) is 10. The maximum absolute atomic E-state index is 11.3. The Morgan fingerprint density at radius 1 is 0.531 bits per heavy atom. The quantitative estimate of drug-likeness (QED) is 0.0600. The summed E-state index contributed by atoms with van der Waals surface area (Å²) in [6, 6.07) is 7.17. The van der Waals surface area contributed by atoms with Crippen LogP contribution >= 0.6 is 46.4 Å². The molecule has 0 unspecified atom stereocenters. The Labute approximate surface area is 308 Å². The SMILES string of the molecule is C=C(C)C(=O)OCCOCCOCCOc1c(Cl)cc(C(C)(C)c2cc(Cl)c(OCCOCCOCCOC(=O)C(=C)C)c(Cl)c2)cc1Cl. The summed E-state index contributed by atoms with van der Waals surface area (Å²) in [6.45, 7) is 17.4. The third-order valence-electron chi connectivity index (χ3n) is 6.75. The minimum absolute atomic E-state index is 0.147. The third-order valence-corrected chi connectivity index (χ3v) is 7.87. The zero-order chi connectivity index (χ0) is 36.4. The first kappa shape index (κ1) is 42.6. The van der Waals surface area contributed by atoms with Gasteiger partial charge in [0, 0.05) is 16.6 Å². The average Bonchev–Trinajstić information content (AvgIpc) is 3.04. The van der Waals surface area contributed by atoms with Gasteiger partial charge < -0.3 is 37.9 Å². The third kappa shape index (κ3) is 15.1. The van der Waals surface area contributed by atoms with E-state index in [-0.39, 0.29) is 52.9 Å². The van der Waals surface area contributed by atoms with Crippen LogP contribution in [0, 0.1) is 0 Å². The number of ether oxygens (including phenoxy) is 8. The maximum Gasteiger partial charge on any atom is 0.333 e. The van der Waals surface area contributed by atoms with E-state index >= 15 is 0 Å². The van der Waals surface area contributed by atoms with Gasteiger partial charge in [0.1, 0.15) is 26.4 Å². The fourth-order valence-corrected chi connectivity index (χ4v) is 5.16. The first-order valence-corrected chi connectivity index (χ1v) is 17.0. The van der Waals surface area contributed by atoms with E-state index in [2.05, 4.69) is 13.2 Å². The predicted molar refractivity (Wildman–Crippen MR) is 191 cm³/mol. The summed E-state index contributed by atoms with van der Waals surface area (Å²) in [5.74, 6) is -0.200. The van der Waals surface area contributed by atoms with Crippen LogP contribution in [-0.2, 0) is 43.4 Å². The maximum atomic E-state index is 11.3. The van der Waals surface area contributed by atoms with Gasteiger partial charge in [-0.25, -0.2) is 9.59 Å². The van der Waals surface area contributed by atoms with Gasteiger partial charge in [-0.05, 0) is 49.2 Å². The Balaban J connectivity index is 1.79. The average molecular weight is 767 g/mol. The minimum atomic E-state index is -0.588. The van der Waals surface area contributed by atoms with Crippen molar-refractivity contribution < 1.29 is 47.5 Å². The molecule has 10 nitrogen and oxygen atoms in total. The lowest BCUT2D eigenvalue weighted by molar-refractivity contribution is -0.141. The number of halogens is 4. The molecular weight excluding hydrogens is 722 g/mol. The van der Waals surface area contributed by atoms with Crippen LogP contribution < -0.4 is 9.47 Å². The van der Waals surface area contributed by atoms with Crippen LogP contribution in [0.2, 0.25) is 20.1 Å². The van der Waals surface area contributed by atoms with Crippen LogP contribution in [0.4, 0.5) is 0 Å². The minimum Gasteiger partial charge on any atom is -0.488 e. The van der Waals surface area contributed by atoms with Gasteiger partial charge in [-0.15, -0.1) is 0 Å². The molecule has 0 aliphatic rings. The molecule has 0 amide bonds. The van der Waals surface area contributed by atoms with E-state index in [4.69, 9.17) is 84.3 Å². The van der Waals surface area contributed by atoms with Gasteiger partial charge in [-0.2, -0.15) is 0 Å². The van der Waals surface area contributed by atoms with Crippen molar-refractivity contribution in [3.05, 3.63) is 79.8 Å². The molecule has 14 heteroatoms. The van der Waals surface area contributed by atoms with Gasteiger partial charge >= 0.3 is 11.9 Å². The van der Waals surface area contributed by atoms with Gasteiger partial charge in [0.25, 0.3) is 0 Å². The Kier molecular flexibility index (Phi) is 19.4. The summed E-state index contributed by atoms with van der Waals surface area (Å²) in [6.07, 6.45) is 0. The van der Waals surface area contributed by atoms with Crippen molar-refractivity contribution in [1.82, 2.24) is 0 Å². The van der Waals surface area contributed by atoms with Crippen molar-refractivity contribution in [1.29, 1.82) is 0 Å². The fraction of sp³-hybridized carbons (Fsp3) is 0.486. The van der Waals surface area contributed by atoms with Crippen molar-refractivity contribution in [2.75, 3.05) is 79.3 Å². The summed E-state index contributed by atoms with van der Waals surface area (Å²) in [7, 11) is 0. The lowest BCUT2D eigenvalue weighted by atomic mass is 9.78. The molecule has 49 heavy (non-hydrogen) atoms. The molecule has 0 N–H and O–H groups in total. The molecule has 272 valence electrons. The molecule has 0 aliphatic carbocycles. The van der Waals surface area contributed by atoms with Crippen LogP contribution in [0.15, 0.2) is 48.6 Å². The summed E-state index contributed by atoms with van der Waals surface area (Å²) in [5, 5.41) is 1.38. The second kappa shape index (κ2) is 22.3. The Morgan fingerprint density at radius 2 is 0.796 bits per heavy atom. The number of carbonyl (C=O) groups excluding carboxylic acids is 2. The Morgan fingerprint density at radius 3 is 1.08 bits per heavy atom. The second-order valence-corrected chi connectivity index (χ2v) is 12.8. The largest absolute Gasteiger partial charge is 0.488 e. The molecule has 0 aromatic heterocycles. The van der Waals surface area contributed by atoms with Crippen LogP contribution in [0.3, 0.4) is 0 Å². The molecule has 0 radical (unpaired) electrons. The topological polar surface area (TPSA) is 108 Å². The van der Waals surface area contributed by atoms with E-state index < -0.39 is 17.4 Å². The highest BCUT2D eigenvalue weighted by atomic mass is 35.5. The zero-order valence-corrected chi connectivity index (χ0v) is 31.3. The smallest absolute Gasteiger partial charge is 0.333 e. The van der Waals surface area contributed by atoms with Crippen molar-refractivity contribution >= 4 is 58.3 Å². The number of hydrogen-bond donors (Lipinski definition) is 0. The molecular formula is C35H44Cl4O10. The van der Waals surface area contributed by atoms with Crippen molar-refractivity contribution in [2.45, 2.75) is 33.1 Å². The fourth-order valence-electron chi connectivity index (χ4n) is 3.97. The van der Waals surface area contributed by atoms with Gasteiger partial charge in [-0.3, -0.25) is 0 Å². The number of esters is 2. The molecule has 0 atom stereocenters. The molecule has 0 heterocycles. The lowest BCUT2D eigenvalue weighted by Gasteiger charge is -2.28. The number of benzene rings is 2. The van der Waals surface area contributed by atoms with Crippen molar-refractivity contribution in [3.63, 3.8) is 0 Å². The van der Waals surface area contributed by atoms with Crippen LogP contribution in [-0.4, -0.2) is 91.2 Å². The standard InChI is InChI=1S/C35H44Cl4O10/c1-23(2)33(40)48-17-13-44-9-7-42-11-15-46-31-27(36)19-25(20-28(31)37)35(5,6)26-21-29(38)32(30(39)22-26)47-16-12-43-8-10-45-14-18-49-34(41)24(3)4/h19-22H,1,3,7-18H2,2,4-6H3. The lowest BCUT2D eigenvalue weighted by Crippen LogP contribution is -2.20. The Bertz CT molecular complexity index is 1260. The van der Waals surface area contributed by atoms with Gasteiger partial charge in [0.15, 0.2) is 11.5 Å². The zero-order valence-electron chi connectivity index (χ0n) is 28.3. The van der Waals surface area contributed by atoms with Gasteiger partial charge in [0.05, 0.1) is 72.9 Å². The number of rotatable bonds is 24. The summed E-state index contributed by atoms with van der Waals surface area (Å²) in [5.41, 5.74) is 1.73. The monoisotopic (exact) mass is 764 g/mol. The summed E-state index contributed by atoms with van der Waals surface area (Å²) < 4.78 is 43.3. The normalized spacial score (nSPS) is 11.3. The first-order chi connectivity index (χ1) is 23.2. The van der Waals surface area contributed by atoms with Gasteiger partial charge in [0.2, 0.25) is 0 Å². The second-order valence-electron chi connectivity index (χ2n) is 11.1. The highest BCUT2D eigenvalue weighted by Gasteiger charge is 2.28. The van der Waals surface area contributed by atoms with E-state index in [1.807, 2.05) is 13.8 Å². The molecule has 0 fully saturated rings. The van der Waals surface area contributed by atoms with Crippen LogP contribution in [0.1, 0.15) is 38.8 Å². The van der Waals surface area contributed by atoms with Crippen molar-refractivity contribution in [2.24, 2.45) is 0 Å². The molecule has 0 saturated carbocycles.